The van der Waals surface area contributed by atoms with E-state index in [0.29, 0.717) is 6.54 Å². The molecule has 0 bridgehead atoms. The summed E-state index contributed by atoms with van der Waals surface area (Å²) in [7, 11) is 3.05. The van der Waals surface area contributed by atoms with Crippen LogP contribution in [0.3, 0.4) is 0 Å². The molecule has 1 N–H and O–H groups in total. The van der Waals surface area contributed by atoms with E-state index >= 15 is 0 Å². The van der Waals surface area contributed by atoms with Crippen molar-refractivity contribution >= 4 is 28.8 Å². The molecular weight excluding hydrogens is 454 g/mol. The number of carbonyl (C=O) groups is 1. The molecule has 0 radical (unpaired) electrons. The van der Waals surface area contributed by atoms with Crippen molar-refractivity contribution < 1.29 is 23.0 Å². The minimum absolute atomic E-state index is 0.0800. The minimum atomic E-state index is -2.85. The Kier molecular flexibility index (Phi) is 6.63. The smallest absolute Gasteiger partial charge is 0.277 e. The normalized spacial score (nSPS) is 25.8. The van der Waals surface area contributed by atoms with E-state index in [1.807, 2.05) is 40.1 Å². The summed E-state index contributed by atoms with van der Waals surface area (Å²) in [5.41, 5.74) is 3.24. The third-order valence-electron chi connectivity index (χ3n) is 7.59. The first kappa shape index (κ1) is 23.9. The van der Waals surface area contributed by atoms with Gasteiger partial charge in [-0.25, -0.2) is 13.8 Å². The first-order valence-corrected chi connectivity index (χ1v) is 12.2. The highest BCUT2D eigenvalue weighted by atomic mass is 19.3. The average molecular weight is 487 g/mol. The number of pyridine rings is 1. The van der Waals surface area contributed by atoms with Crippen LogP contribution in [0.5, 0.6) is 0 Å². The Bertz CT molecular complexity index is 1070. The molecule has 5 rings (SSSR count). The third-order valence-corrected chi connectivity index (χ3v) is 7.59. The van der Waals surface area contributed by atoms with Gasteiger partial charge in [0.1, 0.15) is 11.9 Å². The third kappa shape index (κ3) is 4.71. The fraction of sp³-hybridized carbons (Fsp3) is 0.538. The molecule has 1 aromatic heterocycles. The van der Waals surface area contributed by atoms with Crippen molar-refractivity contribution in [2.45, 2.75) is 56.8 Å². The van der Waals surface area contributed by atoms with Crippen molar-refractivity contribution in [1.29, 1.82) is 0 Å². The number of rotatable bonds is 4. The molecule has 1 saturated heterocycles. The molecule has 0 spiro atoms. The van der Waals surface area contributed by atoms with Crippen molar-refractivity contribution in [3.63, 3.8) is 0 Å². The summed E-state index contributed by atoms with van der Waals surface area (Å²) in [5, 5.41) is 3.38. The van der Waals surface area contributed by atoms with Crippen molar-refractivity contribution in [3.05, 3.63) is 42.1 Å². The maximum absolute atomic E-state index is 14.2. The van der Waals surface area contributed by atoms with Gasteiger partial charge in [0.05, 0.1) is 30.6 Å². The molecule has 3 heterocycles. The lowest BCUT2D eigenvalue weighted by Crippen LogP contribution is -2.51. The zero-order valence-electron chi connectivity index (χ0n) is 20.2. The van der Waals surface area contributed by atoms with E-state index in [0.717, 1.165) is 54.1 Å². The topological polar surface area (TPSA) is 66.9 Å². The lowest BCUT2D eigenvalue weighted by Gasteiger charge is -2.39. The second-order valence-electron chi connectivity index (χ2n) is 9.65. The van der Waals surface area contributed by atoms with Gasteiger partial charge in [0.25, 0.3) is 5.92 Å². The predicted molar refractivity (Wildman–Crippen MR) is 130 cm³/mol. The Morgan fingerprint density at radius 3 is 2.69 bits per heavy atom. The van der Waals surface area contributed by atoms with Gasteiger partial charge in [-0.05, 0) is 49.9 Å². The van der Waals surface area contributed by atoms with Crippen molar-refractivity contribution in [2.75, 3.05) is 42.4 Å². The van der Waals surface area contributed by atoms with Crippen molar-refractivity contribution in [2.24, 2.45) is 5.92 Å². The summed E-state index contributed by atoms with van der Waals surface area (Å²) in [5.74, 6) is -2.13. The van der Waals surface area contributed by atoms with Gasteiger partial charge in [-0.2, -0.15) is 0 Å². The van der Waals surface area contributed by atoms with Gasteiger partial charge in [0.2, 0.25) is 5.91 Å². The molecule has 1 atom stereocenters. The fourth-order valence-corrected chi connectivity index (χ4v) is 5.42. The van der Waals surface area contributed by atoms with Crippen LogP contribution in [-0.4, -0.2) is 56.3 Å². The first-order chi connectivity index (χ1) is 16.9. The van der Waals surface area contributed by atoms with Gasteiger partial charge in [-0.3, -0.25) is 4.79 Å². The molecule has 1 amide bonds. The molecule has 9 heteroatoms. The quantitative estimate of drug-likeness (QED) is 0.674. The molecule has 1 saturated carbocycles. The standard InChI is InChI=1S/C26H32F2N4O3/c1-34-20-8-5-17(6-9-20)25(33)32-15-18-4-3-12-29-24(18)30-21-10-7-19(14-22(21)32)31-13-11-26(27,28)23(16-31)35-2/h3-4,7,10,12,14,17,20,23H,5-6,8-9,11,13,15-16H2,1-2H3,(H,29,30)/t17-,20-,23?. The van der Waals surface area contributed by atoms with Gasteiger partial charge in [-0.15, -0.1) is 0 Å². The van der Waals surface area contributed by atoms with Crippen LogP contribution < -0.4 is 15.1 Å². The van der Waals surface area contributed by atoms with Gasteiger partial charge < -0.3 is 24.6 Å². The van der Waals surface area contributed by atoms with Crippen LogP contribution in [0.4, 0.5) is 31.7 Å². The number of amides is 1. The van der Waals surface area contributed by atoms with E-state index in [1.54, 1.807) is 13.3 Å². The highest BCUT2D eigenvalue weighted by molar-refractivity contribution is 6.00. The minimum Gasteiger partial charge on any atom is -0.381 e. The van der Waals surface area contributed by atoms with Crippen LogP contribution >= 0.6 is 0 Å². The molecule has 2 aliphatic heterocycles. The van der Waals surface area contributed by atoms with Gasteiger partial charge in [-0.1, -0.05) is 6.07 Å². The van der Waals surface area contributed by atoms with Crippen LogP contribution in [0.2, 0.25) is 0 Å². The zero-order valence-corrected chi connectivity index (χ0v) is 20.2. The van der Waals surface area contributed by atoms with Gasteiger partial charge in [0, 0.05) is 50.6 Å². The Hall–Kier alpha value is -2.78. The number of carbonyl (C=O) groups excluding carboxylic acids is 1. The number of nitrogens with one attached hydrogen (secondary N) is 1. The number of hydrogen-bond donors (Lipinski definition) is 1. The number of alkyl halides is 2. The highest BCUT2D eigenvalue weighted by Crippen LogP contribution is 2.41. The maximum Gasteiger partial charge on any atom is 0.277 e. The lowest BCUT2D eigenvalue weighted by molar-refractivity contribution is -0.132. The number of halogens is 2. The molecule has 3 aliphatic rings. The van der Waals surface area contributed by atoms with E-state index in [9.17, 15) is 13.6 Å². The molecular formula is C26H32F2N4O3. The van der Waals surface area contributed by atoms with E-state index in [1.165, 1.54) is 7.11 Å². The van der Waals surface area contributed by atoms with Gasteiger partial charge >= 0.3 is 0 Å². The van der Waals surface area contributed by atoms with Crippen LogP contribution in [0.15, 0.2) is 36.5 Å². The molecule has 35 heavy (non-hydrogen) atoms. The largest absolute Gasteiger partial charge is 0.381 e. The molecule has 2 fully saturated rings. The number of hydrogen-bond acceptors (Lipinski definition) is 6. The lowest BCUT2D eigenvalue weighted by atomic mass is 9.86. The second-order valence-corrected chi connectivity index (χ2v) is 9.65. The van der Waals surface area contributed by atoms with Crippen molar-refractivity contribution in [3.8, 4) is 0 Å². The Morgan fingerprint density at radius 1 is 1.14 bits per heavy atom. The number of methoxy groups -OCH3 is 2. The summed E-state index contributed by atoms with van der Waals surface area (Å²) in [4.78, 5) is 22.1. The number of benzene rings is 1. The van der Waals surface area contributed by atoms with Gasteiger partial charge in [0.15, 0.2) is 0 Å². The predicted octanol–water partition coefficient (Wildman–Crippen LogP) is 4.74. The Labute approximate surface area is 204 Å². The van der Waals surface area contributed by atoms with E-state index in [4.69, 9.17) is 9.47 Å². The molecule has 2 aromatic rings. The molecule has 188 valence electrons. The number of nitrogens with zero attached hydrogens (tertiary/aromatic N) is 3. The van der Waals surface area contributed by atoms with Crippen LogP contribution in [0.1, 0.15) is 37.7 Å². The highest BCUT2D eigenvalue weighted by Gasteiger charge is 2.44. The summed E-state index contributed by atoms with van der Waals surface area (Å²) >= 11 is 0. The molecule has 1 aromatic carbocycles. The summed E-state index contributed by atoms with van der Waals surface area (Å²) in [6.07, 6.45) is 3.79. The average Bonchev–Trinajstić information content (AvgIpc) is 3.04. The second kappa shape index (κ2) is 9.70. The summed E-state index contributed by atoms with van der Waals surface area (Å²) in [6, 6.07) is 9.59. The van der Waals surface area contributed by atoms with Crippen molar-refractivity contribution in [1.82, 2.24) is 4.98 Å². The number of anilines is 4. The van der Waals surface area contributed by atoms with Crippen LogP contribution in [0.25, 0.3) is 0 Å². The number of piperidine rings is 1. The summed E-state index contributed by atoms with van der Waals surface area (Å²) < 4.78 is 39.1. The fourth-order valence-electron chi connectivity index (χ4n) is 5.42. The number of aromatic nitrogens is 1. The number of fused-ring (bicyclic) bond motifs is 2. The summed E-state index contributed by atoms with van der Waals surface area (Å²) in [6.45, 7) is 0.705. The monoisotopic (exact) mass is 486 g/mol. The molecule has 7 nitrogen and oxygen atoms in total. The molecule has 1 aliphatic carbocycles. The SMILES string of the molecule is COC1CN(c2ccc3c(c2)N(C(=O)[C@H]2CC[C@H](OC)CC2)Cc2cccnc2N3)CCC1(F)F. The number of ether oxygens (including phenoxy) is 2. The van der Waals surface area contributed by atoms with E-state index < -0.39 is 12.0 Å². The first-order valence-electron chi connectivity index (χ1n) is 12.2. The van der Waals surface area contributed by atoms with Crippen LogP contribution in [0, 0.1) is 5.92 Å². The Morgan fingerprint density at radius 2 is 1.94 bits per heavy atom. The Balaban J connectivity index is 1.47. The van der Waals surface area contributed by atoms with E-state index in [2.05, 4.69) is 10.3 Å². The maximum atomic E-state index is 14.2. The zero-order chi connectivity index (χ0) is 24.6. The van der Waals surface area contributed by atoms with E-state index in [-0.39, 0.29) is 37.4 Å². The molecule has 1 unspecified atom stereocenters. The van der Waals surface area contributed by atoms with Crippen LogP contribution in [-0.2, 0) is 20.8 Å².